The molecule has 2 aromatic rings. The third kappa shape index (κ3) is 4.38. The van der Waals surface area contributed by atoms with E-state index >= 15 is 0 Å². The predicted molar refractivity (Wildman–Crippen MR) is 107 cm³/mol. The van der Waals surface area contributed by atoms with Gasteiger partial charge in [-0.15, -0.1) is 0 Å². The molecule has 4 rings (SSSR count). The van der Waals surface area contributed by atoms with Gasteiger partial charge < -0.3 is 15.8 Å². The Kier molecular flexibility index (Phi) is 5.84. The highest BCUT2D eigenvalue weighted by molar-refractivity contribution is 5.94. The maximum atomic E-state index is 14.5. The number of morpholine rings is 1. The van der Waals surface area contributed by atoms with E-state index in [4.69, 9.17) is 10.5 Å². The lowest BCUT2D eigenvalue weighted by atomic mass is 9.85. The smallest absolute Gasteiger partial charge is 0.254 e. The zero-order chi connectivity index (χ0) is 21.1. The Morgan fingerprint density at radius 1 is 1.30 bits per heavy atom. The van der Waals surface area contributed by atoms with E-state index in [-0.39, 0.29) is 42.0 Å². The number of carbonyl (C=O) groups is 2. The highest BCUT2D eigenvalue weighted by Gasteiger charge is 2.26. The molecule has 0 unspecified atom stereocenters. The molecule has 158 valence electrons. The van der Waals surface area contributed by atoms with Crippen molar-refractivity contribution in [1.82, 2.24) is 15.0 Å². The van der Waals surface area contributed by atoms with Gasteiger partial charge in [-0.25, -0.2) is 19.3 Å². The molecule has 1 saturated heterocycles. The zero-order valence-electron chi connectivity index (χ0n) is 16.4. The van der Waals surface area contributed by atoms with Crippen LogP contribution in [0, 0.1) is 11.7 Å². The van der Waals surface area contributed by atoms with Gasteiger partial charge in [-0.1, -0.05) is 12.5 Å². The van der Waals surface area contributed by atoms with Crippen LogP contribution >= 0.6 is 0 Å². The molecule has 10 heteroatoms. The summed E-state index contributed by atoms with van der Waals surface area (Å²) in [5.74, 6) is -0.614. The molecule has 3 N–H and O–H groups in total. The second kappa shape index (κ2) is 8.70. The van der Waals surface area contributed by atoms with Crippen molar-refractivity contribution in [2.45, 2.75) is 31.7 Å². The van der Waals surface area contributed by atoms with Gasteiger partial charge in [0.2, 0.25) is 11.9 Å². The van der Waals surface area contributed by atoms with E-state index in [0.29, 0.717) is 31.1 Å². The number of amides is 2. The number of anilines is 2. The number of nitrogens with two attached hydrogens (primary N) is 1. The summed E-state index contributed by atoms with van der Waals surface area (Å²) in [6, 6.07) is 5.01. The summed E-state index contributed by atoms with van der Waals surface area (Å²) in [5.41, 5.74) is 5.78. The van der Waals surface area contributed by atoms with Crippen LogP contribution in [-0.2, 0) is 14.3 Å². The summed E-state index contributed by atoms with van der Waals surface area (Å²) in [6.45, 7) is 0.799. The molecule has 1 saturated carbocycles. The number of aromatic nitrogens is 3. The molecule has 0 aromatic carbocycles. The Morgan fingerprint density at radius 2 is 2.17 bits per heavy atom. The average Bonchev–Trinajstić information content (AvgIpc) is 2.76. The fourth-order valence-corrected chi connectivity index (χ4v) is 3.84. The van der Waals surface area contributed by atoms with Gasteiger partial charge in [0, 0.05) is 12.0 Å². The molecule has 9 nitrogen and oxygen atoms in total. The van der Waals surface area contributed by atoms with Crippen LogP contribution in [0.3, 0.4) is 0 Å². The SMILES string of the molecule is NC(=O)[C@H]1CCC[C@@H](Nc2ncc(F)c(-c3cccc(N4CCOCC4=O)n3)n2)C1. The standard InChI is InChI=1S/C20H23FN6O3/c21-14-10-23-20(24-13-4-1-3-12(9-13)19(22)29)26-18(14)15-5-2-6-16(25-15)27-7-8-30-11-17(27)28/h2,5-6,10,12-13H,1,3-4,7-9,11H2,(H2,22,29)(H,23,24,26)/t12-,13+/m0/s1. The van der Waals surface area contributed by atoms with Crippen molar-refractivity contribution in [3.05, 3.63) is 30.2 Å². The number of primary amides is 1. The molecule has 0 radical (unpaired) electrons. The lowest BCUT2D eigenvalue weighted by Crippen LogP contribution is -2.42. The second-order valence-corrected chi connectivity index (χ2v) is 7.48. The van der Waals surface area contributed by atoms with Crippen LogP contribution in [0.1, 0.15) is 25.7 Å². The average molecular weight is 414 g/mol. The Bertz CT molecular complexity index is 956. The summed E-state index contributed by atoms with van der Waals surface area (Å²) in [6.07, 6.45) is 4.19. The Morgan fingerprint density at radius 3 is 2.97 bits per heavy atom. The quantitative estimate of drug-likeness (QED) is 0.760. The van der Waals surface area contributed by atoms with Gasteiger partial charge in [0.05, 0.1) is 25.0 Å². The summed E-state index contributed by atoms with van der Waals surface area (Å²) in [4.78, 5) is 37.8. The monoisotopic (exact) mass is 414 g/mol. The van der Waals surface area contributed by atoms with Crippen molar-refractivity contribution in [3.8, 4) is 11.4 Å². The molecule has 0 spiro atoms. The fourth-order valence-electron chi connectivity index (χ4n) is 3.84. The topological polar surface area (TPSA) is 123 Å². The molecule has 2 atom stereocenters. The molecule has 1 aliphatic carbocycles. The van der Waals surface area contributed by atoms with Gasteiger partial charge in [-0.2, -0.15) is 0 Å². The van der Waals surface area contributed by atoms with E-state index < -0.39 is 5.82 Å². The van der Waals surface area contributed by atoms with Crippen molar-refractivity contribution in [3.63, 3.8) is 0 Å². The number of carbonyl (C=O) groups excluding carboxylic acids is 2. The van der Waals surface area contributed by atoms with Crippen LogP contribution in [0.2, 0.25) is 0 Å². The van der Waals surface area contributed by atoms with Crippen molar-refractivity contribution < 1.29 is 18.7 Å². The van der Waals surface area contributed by atoms with Crippen molar-refractivity contribution in [1.29, 1.82) is 0 Å². The Hall–Kier alpha value is -3.14. The zero-order valence-corrected chi connectivity index (χ0v) is 16.4. The first-order valence-electron chi connectivity index (χ1n) is 9.95. The molecule has 2 amide bonds. The Balaban J connectivity index is 1.56. The first-order valence-corrected chi connectivity index (χ1v) is 9.95. The van der Waals surface area contributed by atoms with Gasteiger partial charge in [0.25, 0.3) is 5.91 Å². The minimum Gasteiger partial charge on any atom is -0.370 e. The molecule has 2 aliphatic rings. The fraction of sp³-hybridized carbons (Fsp3) is 0.450. The van der Waals surface area contributed by atoms with Crippen molar-refractivity contribution >= 4 is 23.6 Å². The van der Waals surface area contributed by atoms with Crippen LogP contribution in [-0.4, -0.2) is 52.6 Å². The number of pyridine rings is 1. The Labute approximate surface area is 172 Å². The van der Waals surface area contributed by atoms with E-state index in [9.17, 15) is 14.0 Å². The van der Waals surface area contributed by atoms with Gasteiger partial charge in [0.1, 0.15) is 18.1 Å². The number of rotatable bonds is 5. The highest BCUT2D eigenvalue weighted by Crippen LogP contribution is 2.27. The van der Waals surface area contributed by atoms with Crippen LogP contribution in [0.15, 0.2) is 24.4 Å². The summed E-state index contributed by atoms with van der Waals surface area (Å²) < 4.78 is 19.6. The van der Waals surface area contributed by atoms with E-state index in [1.54, 1.807) is 18.2 Å². The number of hydrogen-bond donors (Lipinski definition) is 2. The number of nitrogens with one attached hydrogen (secondary N) is 1. The van der Waals surface area contributed by atoms with E-state index in [0.717, 1.165) is 25.5 Å². The van der Waals surface area contributed by atoms with E-state index in [1.165, 1.54) is 4.90 Å². The van der Waals surface area contributed by atoms with Gasteiger partial charge in [0.15, 0.2) is 5.82 Å². The largest absolute Gasteiger partial charge is 0.370 e. The predicted octanol–water partition coefficient (Wildman–Crippen LogP) is 1.50. The summed E-state index contributed by atoms with van der Waals surface area (Å²) >= 11 is 0. The summed E-state index contributed by atoms with van der Waals surface area (Å²) in [5, 5.41) is 3.18. The van der Waals surface area contributed by atoms with Crippen molar-refractivity contribution in [2.75, 3.05) is 30.0 Å². The number of ether oxygens (including phenoxy) is 1. The molecule has 3 heterocycles. The number of halogens is 1. The van der Waals surface area contributed by atoms with E-state index in [1.807, 2.05) is 0 Å². The molecule has 0 bridgehead atoms. The van der Waals surface area contributed by atoms with Crippen LogP contribution in [0.25, 0.3) is 11.4 Å². The molecule has 1 aliphatic heterocycles. The highest BCUT2D eigenvalue weighted by atomic mass is 19.1. The molecule has 2 aromatic heterocycles. The molecular weight excluding hydrogens is 391 g/mol. The minimum absolute atomic E-state index is 0.00444. The normalized spacial score (nSPS) is 22.0. The second-order valence-electron chi connectivity index (χ2n) is 7.48. The van der Waals surface area contributed by atoms with Crippen LogP contribution in [0.5, 0.6) is 0 Å². The van der Waals surface area contributed by atoms with Gasteiger partial charge in [-0.05, 0) is 31.4 Å². The minimum atomic E-state index is -0.614. The van der Waals surface area contributed by atoms with E-state index in [2.05, 4.69) is 20.3 Å². The maximum Gasteiger partial charge on any atom is 0.254 e. The van der Waals surface area contributed by atoms with Gasteiger partial charge in [-0.3, -0.25) is 14.5 Å². The van der Waals surface area contributed by atoms with Crippen LogP contribution < -0.4 is 16.0 Å². The van der Waals surface area contributed by atoms with Crippen molar-refractivity contribution in [2.24, 2.45) is 11.7 Å². The lowest BCUT2D eigenvalue weighted by Gasteiger charge is -2.28. The first-order chi connectivity index (χ1) is 14.5. The third-order valence-electron chi connectivity index (χ3n) is 5.39. The van der Waals surface area contributed by atoms with Crippen LogP contribution in [0.4, 0.5) is 16.2 Å². The third-order valence-corrected chi connectivity index (χ3v) is 5.39. The van der Waals surface area contributed by atoms with Gasteiger partial charge >= 0.3 is 0 Å². The number of hydrogen-bond acceptors (Lipinski definition) is 7. The molecule has 2 fully saturated rings. The molecule has 30 heavy (non-hydrogen) atoms. The molecular formula is C20H23FN6O3. The summed E-state index contributed by atoms with van der Waals surface area (Å²) in [7, 11) is 0. The first kappa shape index (κ1) is 20.1. The number of nitrogens with zero attached hydrogens (tertiary/aromatic N) is 4. The maximum absolute atomic E-state index is 14.5. The lowest BCUT2D eigenvalue weighted by molar-refractivity contribution is -0.125.